The van der Waals surface area contributed by atoms with E-state index < -0.39 is 10.8 Å². The van der Waals surface area contributed by atoms with E-state index in [1.54, 1.807) is 31.4 Å². The topological polar surface area (TPSA) is 76.3 Å². The number of hydrogen-bond acceptors (Lipinski definition) is 4. The van der Waals surface area contributed by atoms with E-state index in [1.165, 1.54) is 17.0 Å². The number of carbonyl (C=O) groups is 1. The molecule has 0 unspecified atom stereocenters. The van der Waals surface area contributed by atoms with E-state index in [0.717, 1.165) is 6.07 Å². The molecule has 2 aromatic rings. The third-order valence-corrected chi connectivity index (χ3v) is 3.01. The Morgan fingerprint density at radius 2 is 2.10 bits per heavy atom. The van der Waals surface area contributed by atoms with Crippen molar-refractivity contribution in [2.75, 3.05) is 11.9 Å². The van der Waals surface area contributed by atoms with Gasteiger partial charge in [-0.2, -0.15) is 0 Å². The SMILES string of the molecule is CN(C(=O)c1ccc(Cl)c([N+](=O)[O-])c1)c1ccccn1. The number of halogens is 1. The van der Waals surface area contributed by atoms with Crippen LogP contribution >= 0.6 is 11.6 Å². The van der Waals surface area contributed by atoms with Crippen molar-refractivity contribution in [3.63, 3.8) is 0 Å². The van der Waals surface area contributed by atoms with Gasteiger partial charge in [0.05, 0.1) is 4.92 Å². The number of nitro benzene ring substituents is 1. The summed E-state index contributed by atoms with van der Waals surface area (Å²) >= 11 is 5.71. The van der Waals surface area contributed by atoms with Crippen LogP contribution in [0.4, 0.5) is 11.5 Å². The zero-order valence-corrected chi connectivity index (χ0v) is 11.2. The van der Waals surface area contributed by atoms with E-state index in [1.807, 2.05) is 0 Å². The zero-order valence-electron chi connectivity index (χ0n) is 10.5. The Kier molecular flexibility index (Phi) is 3.95. The van der Waals surface area contributed by atoms with Crippen molar-refractivity contribution >= 4 is 29.0 Å². The number of amides is 1. The lowest BCUT2D eigenvalue weighted by Crippen LogP contribution is -2.27. The van der Waals surface area contributed by atoms with Gasteiger partial charge in [-0.05, 0) is 24.3 Å². The summed E-state index contributed by atoms with van der Waals surface area (Å²) in [7, 11) is 1.55. The second-order valence-corrected chi connectivity index (χ2v) is 4.38. The molecule has 0 saturated heterocycles. The highest BCUT2D eigenvalue weighted by atomic mass is 35.5. The molecule has 1 heterocycles. The summed E-state index contributed by atoms with van der Waals surface area (Å²) in [6.07, 6.45) is 1.56. The second-order valence-electron chi connectivity index (χ2n) is 3.98. The lowest BCUT2D eigenvalue weighted by Gasteiger charge is -2.15. The molecule has 0 aliphatic rings. The van der Waals surface area contributed by atoms with Crippen molar-refractivity contribution in [2.24, 2.45) is 0 Å². The van der Waals surface area contributed by atoms with Crippen molar-refractivity contribution in [1.82, 2.24) is 4.98 Å². The van der Waals surface area contributed by atoms with Gasteiger partial charge < -0.3 is 0 Å². The monoisotopic (exact) mass is 291 g/mol. The highest BCUT2D eigenvalue weighted by Gasteiger charge is 2.19. The maximum absolute atomic E-state index is 12.3. The van der Waals surface area contributed by atoms with Crippen LogP contribution in [0.15, 0.2) is 42.6 Å². The maximum Gasteiger partial charge on any atom is 0.288 e. The van der Waals surface area contributed by atoms with Gasteiger partial charge in [-0.25, -0.2) is 4.98 Å². The van der Waals surface area contributed by atoms with E-state index in [2.05, 4.69) is 4.98 Å². The summed E-state index contributed by atoms with van der Waals surface area (Å²) in [5.41, 5.74) is -0.124. The maximum atomic E-state index is 12.3. The van der Waals surface area contributed by atoms with Gasteiger partial charge in [-0.1, -0.05) is 17.7 Å². The van der Waals surface area contributed by atoms with E-state index in [-0.39, 0.29) is 16.3 Å². The Labute approximate surface area is 119 Å². The van der Waals surface area contributed by atoms with E-state index in [9.17, 15) is 14.9 Å². The van der Waals surface area contributed by atoms with Crippen molar-refractivity contribution in [3.05, 3.63) is 63.3 Å². The van der Waals surface area contributed by atoms with E-state index >= 15 is 0 Å². The number of benzene rings is 1. The minimum atomic E-state index is -0.625. The number of carbonyl (C=O) groups excluding carboxylic acids is 1. The van der Waals surface area contributed by atoms with Gasteiger partial charge in [0.25, 0.3) is 11.6 Å². The summed E-state index contributed by atoms with van der Waals surface area (Å²) < 4.78 is 0. The number of pyridine rings is 1. The van der Waals surface area contributed by atoms with Crippen LogP contribution in [-0.4, -0.2) is 22.9 Å². The number of anilines is 1. The van der Waals surface area contributed by atoms with Crippen molar-refractivity contribution < 1.29 is 9.72 Å². The quantitative estimate of drug-likeness (QED) is 0.643. The van der Waals surface area contributed by atoms with Crippen molar-refractivity contribution in [3.8, 4) is 0 Å². The van der Waals surface area contributed by atoms with Gasteiger partial charge in [0.15, 0.2) is 0 Å². The fraction of sp³-hybridized carbons (Fsp3) is 0.0769. The molecule has 0 bridgehead atoms. The van der Waals surface area contributed by atoms with Crippen LogP contribution < -0.4 is 4.90 Å². The molecular formula is C13H10ClN3O3. The molecule has 20 heavy (non-hydrogen) atoms. The van der Waals surface area contributed by atoms with Crippen LogP contribution in [0.2, 0.25) is 5.02 Å². The second kappa shape index (κ2) is 5.66. The highest BCUT2D eigenvalue weighted by Crippen LogP contribution is 2.26. The molecule has 0 radical (unpaired) electrons. The first-order valence-corrected chi connectivity index (χ1v) is 6.01. The van der Waals surface area contributed by atoms with Gasteiger partial charge in [0, 0.05) is 24.9 Å². The first kappa shape index (κ1) is 14.0. The minimum absolute atomic E-state index is 0.00737. The third kappa shape index (κ3) is 2.75. The summed E-state index contributed by atoms with van der Waals surface area (Å²) in [5, 5.41) is 10.8. The molecule has 1 aromatic carbocycles. The Morgan fingerprint density at radius 1 is 1.35 bits per heavy atom. The van der Waals surface area contributed by atoms with Gasteiger partial charge in [0.1, 0.15) is 10.8 Å². The third-order valence-electron chi connectivity index (χ3n) is 2.69. The molecule has 0 atom stereocenters. The summed E-state index contributed by atoms with van der Waals surface area (Å²) in [6.45, 7) is 0. The zero-order chi connectivity index (χ0) is 14.7. The number of nitro groups is 1. The summed E-state index contributed by atoms with van der Waals surface area (Å²) in [5.74, 6) is 0.0542. The van der Waals surface area contributed by atoms with Crippen LogP contribution in [0.25, 0.3) is 0 Å². The molecular weight excluding hydrogens is 282 g/mol. The molecule has 0 saturated carbocycles. The molecule has 0 N–H and O–H groups in total. The van der Waals surface area contributed by atoms with E-state index in [4.69, 9.17) is 11.6 Å². The molecule has 1 amide bonds. The number of nitrogens with zero attached hydrogens (tertiary/aromatic N) is 3. The first-order chi connectivity index (χ1) is 9.50. The molecule has 6 nitrogen and oxygen atoms in total. The highest BCUT2D eigenvalue weighted by molar-refractivity contribution is 6.32. The van der Waals surface area contributed by atoms with Crippen molar-refractivity contribution in [1.29, 1.82) is 0 Å². The molecule has 0 fully saturated rings. The normalized spacial score (nSPS) is 10.1. The lowest BCUT2D eigenvalue weighted by atomic mass is 10.2. The molecule has 1 aromatic heterocycles. The number of hydrogen-bond donors (Lipinski definition) is 0. The Hall–Kier alpha value is -2.47. The fourth-order valence-corrected chi connectivity index (χ4v) is 1.82. The average Bonchev–Trinajstić information content (AvgIpc) is 2.47. The van der Waals surface area contributed by atoms with Gasteiger partial charge in [0.2, 0.25) is 0 Å². The molecule has 7 heteroatoms. The van der Waals surface area contributed by atoms with Gasteiger partial charge in [-0.15, -0.1) is 0 Å². The Bertz CT molecular complexity index is 661. The van der Waals surface area contributed by atoms with Crippen LogP contribution in [0.5, 0.6) is 0 Å². The van der Waals surface area contributed by atoms with Crippen LogP contribution in [-0.2, 0) is 0 Å². The fourth-order valence-electron chi connectivity index (χ4n) is 1.64. The van der Waals surface area contributed by atoms with Crippen LogP contribution in [0.3, 0.4) is 0 Å². The largest absolute Gasteiger partial charge is 0.296 e. The first-order valence-electron chi connectivity index (χ1n) is 5.63. The minimum Gasteiger partial charge on any atom is -0.296 e. The van der Waals surface area contributed by atoms with Gasteiger partial charge >= 0.3 is 0 Å². The molecule has 102 valence electrons. The summed E-state index contributed by atoms with van der Waals surface area (Å²) in [6, 6.07) is 9.08. The Morgan fingerprint density at radius 3 is 2.70 bits per heavy atom. The standard InChI is InChI=1S/C13H10ClN3O3/c1-16(12-4-2-3-7-15-12)13(18)9-5-6-10(14)11(8-9)17(19)20/h2-8H,1H3. The number of rotatable bonds is 3. The lowest BCUT2D eigenvalue weighted by molar-refractivity contribution is -0.384. The predicted molar refractivity (Wildman–Crippen MR) is 75.1 cm³/mol. The summed E-state index contributed by atoms with van der Waals surface area (Å²) in [4.78, 5) is 27.8. The predicted octanol–water partition coefficient (Wildman–Crippen LogP) is 2.92. The van der Waals surface area contributed by atoms with E-state index in [0.29, 0.717) is 5.82 Å². The molecule has 0 spiro atoms. The Balaban J connectivity index is 2.34. The molecule has 0 aliphatic carbocycles. The smallest absolute Gasteiger partial charge is 0.288 e. The van der Waals surface area contributed by atoms with Crippen molar-refractivity contribution in [2.45, 2.75) is 0 Å². The average molecular weight is 292 g/mol. The van der Waals surface area contributed by atoms with Crippen LogP contribution in [0.1, 0.15) is 10.4 Å². The molecule has 2 rings (SSSR count). The number of aromatic nitrogens is 1. The van der Waals surface area contributed by atoms with Crippen LogP contribution in [0, 0.1) is 10.1 Å². The van der Waals surface area contributed by atoms with Gasteiger partial charge in [-0.3, -0.25) is 19.8 Å². The molecule has 0 aliphatic heterocycles.